The van der Waals surface area contributed by atoms with E-state index in [1.807, 2.05) is 0 Å². The Labute approximate surface area is 88.5 Å². The highest BCUT2D eigenvalue weighted by Gasteiger charge is 2.20. The van der Waals surface area contributed by atoms with E-state index in [9.17, 15) is 0 Å². The van der Waals surface area contributed by atoms with E-state index in [1.165, 1.54) is 12.8 Å². The van der Waals surface area contributed by atoms with Crippen LogP contribution in [0.3, 0.4) is 0 Å². The number of hydrogen-bond donors (Lipinski definition) is 0. The van der Waals surface area contributed by atoms with Crippen molar-refractivity contribution >= 4 is 19.5 Å². The van der Waals surface area contributed by atoms with Crippen molar-refractivity contribution in [1.29, 1.82) is 0 Å². The molecule has 0 spiro atoms. The molecule has 0 aliphatic heterocycles. The summed E-state index contributed by atoms with van der Waals surface area (Å²) in [6.45, 7) is 13.9. The van der Waals surface area contributed by atoms with Crippen LogP contribution in [-0.4, -0.2) is 19.5 Å². The molecule has 0 N–H and O–H groups in total. The average molecular weight is 218 g/mol. The Balaban J connectivity index is 3.68. The van der Waals surface area contributed by atoms with Gasteiger partial charge < -0.3 is 4.12 Å². The molecule has 0 amide bonds. The van der Waals surface area contributed by atoms with Gasteiger partial charge >= 0.3 is 0 Å². The predicted octanol–water partition coefficient (Wildman–Crippen LogP) is 2.39. The molecule has 0 saturated heterocycles. The quantitative estimate of drug-likeness (QED) is 0.622. The smallest absolute Gasteiger partial charge is 0.151 e. The molecule has 0 aliphatic carbocycles. The van der Waals surface area contributed by atoms with Gasteiger partial charge in [-0.05, 0) is 10.1 Å². The van der Waals surface area contributed by atoms with Crippen LogP contribution in [-0.2, 0) is 4.12 Å². The first-order valence-electron chi connectivity index (χ1n) is 5.41. The monoisotopic (exact) mass is 218 g/mol. The summed E-state index contributed by atoms with van der Waals surface area (Å²) in [4.78, 5) is 0. The Kier molecular flexibility index (Phi) is 5.48. The minimum Gasteiger partial charge on any atom is -0.464 e. The first-order chi connectivity index (χ1) is 5.83. The highest BCUT2D eigenvalue weighted by atomic mass is 28.3. The highest BCUT2D eigenvalue weighted by molar-refractivity contribution is 6.46. The van der Waals surface area contributed by atoms with Crippen LogP contribution < -0.4 is 0 Å². The summed E-state index contributed by atoms with van der Waals surface area (Å²) in [6, 6.07) is 0. The SMILES string of the molecule is CCC(C)(C)[SiH2]O[SiH2]C(C)(C)CC. The molecule has 3 heteroatoms. The fraction of sp³-hybridized carbons (Fsp3) is 1.00. The van der Waals surface area contributed by atoms with E-state index in [-0.39, 0.29) is 19.5 Å². The van der Waals surface area contributed by atoms with Crippen LogP contribution in [0, 0.1) is 0 Å². The van der Waals surface area contributed by atoms with E-state index in [0.29, 0.717) is 10.1 Å². The lowest BCUT2D eigenvalue weighted by molar-refractivity contribution is 0.497. The predicted molar refractivity (Wildman–Crippen MR) is 66.8 cm³/mol. The van der Waals surface area contributed by atoms with Gasteiger partial charge in [-0.3, -0.25) is 0 Å². The summed E-state index contributed by atoms with van der Waals surface area (Å²) in [5.74, 6) is 0. The highest BCUT2D eigenvalue weighted by Crippen LogP contribution is 2.30. The first-order valence-corrected chi connectivity index (χ1v) is 7.97. The second kappa shape index (κ2) is 5.32. The summed E-state index contributed by atoms with van der Waals surface area (Å²) in [7, 11) is -0.576. The summed E-state index contributed by atoms with van der Waals surface area (Å²) >= 11 is 0. The van der Waals surface area contributed by atoms with Crippen molar-refractivity contribution in [3.05, 3.63) is 0 Å². The van der Waals surface area contributed by atoms with E-state index in [2.05, 4.69) is 41.5 Å². The molecule has 0 heterocycles. The van der Waals surface area contributed by atoms with Crippen molar-refractivity contribution in [3.8, 4) is 0 Å². The Morgan fingerprint density at radius 3 is 1.38 bits per heavy atom. The molecule has 0 aromatic heterocycles. The van der Waals surface area contributed by atoms with Gasteiger partial charge in [0, 0.05) is 0 Å². The zero-order valence-electron chi connectivity index (χ0n) is 10.2. The van der Waals surface area contributed by atoms with Gasteiger partial charge in [0.25, 0.3) is 0 Å². The minimum absolute atomic E-state index is 0.288. The molecule has 0 aromatic carbocycles. The van der Waals surface area contributed by atoms with Crippen molar-refractivity contribution in [2.24, 2.45) is 0 Å². The Morgan fingerprint density at radius 2 is 1.15 bits per heavy atom. The second-order valence-electron chi connectivity index (χ2n) is 5.53. The maximum atomic E-state index is 6.02. The van der Waals surface area contributed by atoms with Crippen LogP contribution in [0.5, 0.6) is 0 Å². The van der Waals surface area contributed by atoms with E-state index in [4.69, 9.17) is 4.12 Å². The molecule has 0 fully saturated rings. The van der Waals surface area contributed by atoms with Gasteiger partial charge in [-0.1, -0.05) is 54.4 Å². The topological polar surface area (TPSA) is 9.23 Å². The van der Waals surface area contributed by atoms with E-state index < -0.39 is 0 Å². The van der Waals surface area contributed by atoms with Crippen LogP contribution in [0.15, 0.2) is 0 Å². The normalized spacial score (nSPS) is 15.2. The maximum Gasteiger partial charge on any atom is 0.151 e. The lowest BCUT2D eigenvalue weighted by atomic mass is 10.1. The Bertz CT molecular complexity index is 128. The third kappa shape index (κ3) is 6.46. The number of hydrogen-bond acceptors (Lipinski definition) is 1. The molecule has 0 aliphatic rings. The molecule has 13 heavy (non-hydrogen) atoms. The van der Waals surface area contributed by atoms with Gasteiger partial charge in [0.1, 0.15) is 0 Å². The van der Waals surface area contributed by atoms with E-state index in [0.717, 1.165) is 0 Å². The summed E-state index contributed by atoms with van der Waals surface area (Å²) in [6.07, 6.45) is 2.53. The molecule has 0 aromatic rings. The minimum atomic E-state index is -0.288. The molecule has 0 radical (unpaired) electrons. The third-order valence-electron chi connectivity index (χ3n) is 2.90. The van der Waals surface area contributed by atoms with Crippen LogP contribution in [0.25, 0.3) is 0 Å². The summed E-state index contributed by atoms with van der Waals surface area (Å²) in [5.41, 5.74) is 0. The first kappa shape index (κ1) is 13.4. The Morgan fingerprint density at radius 1 is 0.846 bits per heavy atom. The van der Waals surface area contributed by atoms with E-state index >= 15 is 0 Å². The van der Waals surface area contributed by atoms with Crippen LogP contribution in [0.2, 0.25) is 10.1 Å². The molecule has 0 saturated carbocycles. The third-order valence-corrected chi connectivity index (χ3v) is 7.10. The van der Waals surface area contributed by atoms with Crippen LogP contribution in [0.4, 0.5) is 0 Å². The Hall–Kier alpha value is 0.394. The molecule has 1 nitrogen and oxygen atoms in total. The lowest BCUT2D eigenvalue weighted by Gasteiger charge is -2.26. The largest absolute Gasteiger partial charge is 0.464 e. The molecular weight excluding hydrogens is 192 g/mol. The standard InChI is InChI=1S/C10H26OSi2/c1-7-9(3,4)12-11-13-10(5,6)8-2/h7-8,12-13H2,1-6H3. The van der Waals surface area contributed by atoms with Crippen molar-refractivity contribution < 1.29 is 4.12 Å². The van der Waals surface area contributed by atoms with E-state index in [1.54, 1.807) is 0 Å². The number of rotatable bonds is 6. The average Bonchev–Trinajstić information content (AvgIpc) is 2.04. The summed E-state index contributed by atoms with van der Waals surface area (Å²) in [5, 5.41) is 1.02. The van der Waals surface area contributed by atoms with Crippen molar-refractivity contribution in [3.63, 3.8) is 0 Å². The maximum absolute atomic E-state index is 6.02. The molecule has 0 atom stereocenters. The van der Waals surface area contributed by atoms with Gasteiger partial charge in [0.15, 0.2) is 19.5 Å². The lowest BCUT2D eigenvalue weighted by Crippen LogP contribution is -2.23. The molecule has 80 valence electrons. The van der Waals surface area contributed by atoms with Gasteiger partial charge in [0.2, 0.25) is 0 Å². The zero-order chi connectivity index (χ0) is 10.5. The van der Waals surface area contributed by atoms with Gasteiger partial charge in [0.05, 0.1) is 0 Å². The van der Waals surface area contributed by atoms with Gasteiger partial charge in [-0.25, -0.2) is 0 Å². The fourth-order valence-corrected chi connectivity index (χ4v) is 6.04. The van der Waals surface area contributed by atoms with Crippen LogP contribution in [0.1, 0.15) is 54.4 Å². The zero-order valence-corrected chi connectivity index (χ0v) is 13.1. The second-order valence-corrected chi connectivity index (χ2v) is 11.6. The van der Waals surface area contributed by atoms with Gasteiger partial charge in [-0.2, -0.15) is 0 Å². The summed E-state index contributed by atoms with van der Waals surface area (Å²) < 4.78 is 6.02. The molecule has 0 bridgehead atoms. The van der Waals surface area contributed by atoms with Crippen molar-refractivity contribution in [2.75, 3.05) is 0 Å². The van der Waals surface area contributed by atoms with Crippen molar-refractivity contribution in [1.82, 2.24) is 0 Å². The van der Waals surface area contributed by atoms with Gasteiger partial charge in [-0.15, -0.1) is 0 Å². The van der Waals surface area contributed by atoms with Crippen LogP contribution >= 0.6 is 0 Å². The molecular formula is C10H26OSi2. The fourth-order valence-electron chi connectivity index (χ4n) is 0.808. The molecule has 0 unspecified atom stereocenters. The molecule has 0 rings (SSSR count). The van der Waals surface area contributed by atoms with Crippen molar-refractivity contribution in [2.45, 2.75) is 64.5 Å².